The third-order valence-electron chi connectivity index (χ3n) is 3.33. The Bertz CT molecular complexity index is 796. The first-order valence-electron chi connectivity index (χ1n) is 7.29. The van der Waals surface area contributed by atoms with Gasteiger partial charge in [0.25, 0.3) is 0 Å². The molecule has 1 aromatic heterocycles. The number of thiazole rings is 1. The fraction of sp³-hybridized carbons (Fsp3) is 0.333. The molecule has 0 N–H and O–H groups in total. The predicted molar refractivity (Wildman–Crippen MR) is 92.2 cm³/mol. The van der Waals surface area contributed by atoms with Crippen molar-refractivity contribution in [1.29, 1.82) is 5.26 Å². The zero-order chi connectivity index (χ0) is 17.5. The van der Waals surface area contributed by atoms with Crippen LogP contribution in [-0.4, -0.2) is 23.0 Å². The summed E-state index contributed by atoms with van der Waals surface area (Å²) in [6, 6.07) is 7.90. The Labute approximate surface area is 143 Å². The number of anilines is 1. The van der Waals surface area contributed by atoms with E-state index in [0.717, 1.165) is 29.1 Å². The van der Waals surface area contributed by atoms with Crippen molar-refractivity contribution in [2.24, 2.45) is 10.2 Å². The number of aromatic nitrogens is 1. The molecule has 0 spiro atoms. The first-order valence-corrected chi connectivity index (χ1v) is 8.11. The molecule has 24 heavy (non-hydrogen) atoms. The number of benzene rings is 1. The standard InChI is InChI=1S/C15H16N6O2S/c1-3-20(8-4-7-16)12-5-6-13(11(2)9-12)18-19-15-17-10-14(24-15)21(22)23/h5-6,9-10H,3-4,8H2,1-2H3. The van der Waals surface area contributed by atoms with Gasteiger partial charge in [-0.05, 0) is 48.9 Å². The van der Waals surface area contributed by atoms with Crippen LogP contribution in [-0.2, 0) is 0 Å². The lowest BCUT2D eigenvalue weighted by Gasteiger charge is -2.22. The molecule has 9 heteroatoms. The molecule has 0 unspecified atom stereocenters. The van der Waals surface area contributed by atoms with Crippen LogP contribution in [0, 0.1) is 28.4 Å². The number of rotatable bonds is 7. The van der Waals surface area contributed by atoms with Gasteiger partial charge < -0.3 is 4.90 Å². The maximum absolute atomic E-state index is 10.6. The van der Waals surface area contributed by atoms with Crippen LogP contribution in [0.5, 0.6) is 0 Å². The number of nitriles is 1. The molecule has 124 valence electrons. The van der Waals surface area contributed by atoms with E-state index >= 15 is 0 Å². The summed E-state index contributed by atoms with van der Waals surface area (Å²) in [5.74, 6) is 0. The first kappa shape index (κ1) is 17.5. The minimum Gasteiger partial charge on any atom is -0.371 e. The molecule has 0 aliphatic heterocycles. The molecule has 0 saturated carbocycles. The maximum Gasteiger partial charge on any atom is 0.345 e. The molecule has 0 amide bonds. The van der Waals surface area contributed by atoms with Crippen LogP contribution in [0.3, 0.4) is 0 Å². The fourth-order valence-electron chi connectivity index (χ4n) is 2.09. The van der Waals surface area contributed by atoms with Crippen LogP contribution in [0.25, 0.3) is 0 Å². The van der Waals surface area contributed by atoms with E-state index in [1.54, 1.807) is 0 Å². The largest absolute Gasteiger partial charge is 0.371 e. The quantitative estimate of drug-likeness (QED) is 0.417. The van der Waals surface area contributed by atoms with E-state index in [-0.39, 0.29) is 10.1 Å². The number of nitrogens with zero attached hydrogens (tertiary/aromatic N) is 6. The highest BCUT2D eigenvalue weighted by molar-refractivity contribution is 7.18. The Balaban J connectivity index is 2.15. The van der Waals surface area contributed by atoms with Crippen molar-refractivity contribution >= 4 is 32.8 Å². The molecule has 0 saturated heterocycles. The molecule has 2 aromatic rings. The van der Waals surface area contributed by atoms with Crippen molar-refractivity contribution in [3.8, 4) is 6.07 Å². The second-order valence-electron chi connectivity index (χ2n) is 4.90. The van der Waals surface area contributed by atoms with Crippen molar-refractivity contribution in [3.05, 3.63) is 40.1 Å². The van der Waals surface area contributed by atoms with Gasteiger partial charge in [-0.2, -0.15) is 5.26 Å². The number of hydrogen-bond donors (Lipinski definition) is 0. The molecule has 8 nitrogen and oxygen atoms in total. The van der Waals surface area contributed by atoms with Crippen LogP contribution in [0.1, 0.15) is 18.9 Å². The average molecular weight is 344 g/mol. The van der Waals surface area contributed by atoms with Crippen LogP contribution >= 0.6 is 11.3 Å². The minimum atomic E-state index is -0.503. The normalized spacial score (nSPS) is 10.7. The van der Waals surface area contributed by atoms with Crippen LogP contribution in [0.4, 0.5) is 21.5 Å². The summed E-state index contributed by atoms with van der Waals surface area (Å²) in [6.45, 7) is 5.44. The van der Waals surface area contributed by atoms with Gasteiger partial charge in [-0.15, -0.1) is 10.2 Å². The topological polar surface area (TPSA) is 108 Å². The van der Waals surface area contributed by atoms with E-state index in [1.807, 2.05) is 32.0 Å². The van der Waals surface area contributed by atoms with E-state index in [1.165, 1.54) is 6.20 Å². The second-order valence-corrected chi connectivity index (χ2v) is 5.88. The Morgan fingerprint density at radius 3 is 2.83 bits per heavy atom. The lowest BCUT2D eigenvalue weighted by molar-refractivity contribution is -0.380. The van der Waals surface area contributed by atoms with Gasteiger partial charge in [-0.25, -0.2) is 4.98 Å². The van der Waals surface area contributed by atoms with E-state index in [9.17, 15) is 10.1 Å². The first-order chi connectivity index (χ1) is 11.5. The Kier molecular flexibility index (Phi) is 5.92. The lowest BCUT2D eigenvalue weighted by Crippen LogP contribution is -2.23. The number of nitro groups is 1. The van der Waals surface area contributed by atoms with Gasteiger partial charge >= 0.3 is 5.00 Å². The highest BCUT2D eigenvalue weighted by Gasteiger charge is 2.11. The van der Waals surface area contributed by atoms with Gasteiger partial charge in [0.1, 0.15) is 6.20 Å². The minimum absolute atomic E-state index is 0.0629. The maximum atomic E-state index is 10.6. The molecule has 0 fully saturated rings. The molecular formula is C15H16N6O2S. The van der Waals surface area contributed by atoms with Crippen molar-refractivity contribution in [3.63, 3.8) is 0 Å². The molecule has 2 rings (SSSR count). The molecule has 0 bridgehead atoms. The second kappa shape index (κ2) is 8.12. The average Bonchev–Trinajstić information content (AvgIpc) is 3.04. The molecular weight excluding hydrogens is 328 g/mol. The molecule has 0 radical (unpaired) electrons. The summed E-state index contributed by atoms with van der Waals surface area (Å²) in [7, 11) is 0. The summed E-state index contributed by atoms with van der Waals surface area (Å²) in [5.41, 5.74) is 2.62. The zero-order valence-electron chi connectivity index (χ0n) is 13.3. The smallest absolute Gasteiger partial charge is 0.345 e. The van der Waals surface area contributed by atoms with Gasteiger partial charge in [0, 0.05) is 18.8 Å². The van der Waals surface area contributed by atoms with E-state index in [0.29, 0.717) is 18.7 Å². The van der Waals surface area contributed by atoms with Gasteiger partial charge in [0.2, 0.25) is 5.13 Å². The third kappa shape index (κ3) is 4.33. The third-order valence-corrected chi connectivity index (χ3v) is 4.16. The van der Waals surface area contributed by atoms with Crippen molar-refractivity contribution in [1.82, 2.24) is 4.98 Å². The van der Waals surface area contributed by atoms with E-state index in [4.69, 9.17) is 5.26 Å². The summed E-state index contributed by atoms with van der Waals surface area (Å²) in [5, 5.41) is 27.6. The molecule has 0 aliphatic rings. The molecule has 1 aromatic carbocycles. The van der Waals surface area contributed by atoms with Crippen molar-refractivity contribution in [2.75, 3.05) is 18.0 Å². The Hall–Kier alpha value is -2.86. The van der Waals surface area contributed by atoms with Crippen LogP contribution < -0.4 is 4.90 Å². The van der Waals surface area contributed by atoms with Gasteiger partial charge in [0.15, 0.2) is 0 Å². The zero-order valence-corrected chi connectivity index (χ0v) is 14.2. The van der Waals surface area contributed by atoms with Gasteiger partial charge in [-0.3, -0.25) is 10.1 Å². The van der Waals surface area contributed by atoms with Crippen molar-refractivity contribution in [2.45, 2.75) is 20.3 Å². The predicted octanol–water partition coefficient (Wildman–Crippen LogP) is 4.52. The van der Waals surface area contributed by atoms with Crippen LogP contribution in [0.15, 0.2) is 34.6 Å². The number of aryl methyl sites for hydroxylation is 1. The summed E-state index contributed by atoms with van der Waals surface area (Å²) in [6.07, 6.45) is 1.64. The summed E-state index contributed by atoms with van der Waals surface area (Å²) < 4.78 is 0. The highest BCUT2D eigenvalue weighted by atomic mass is 32.1. The van der Waals surface area contributed by atoms with E-state index in [2.05, 4.69) is 26.2 Å². The summed E-state index contributed by atoms with van der Waals surface area (Å²) >= 11 is 0.877. The van der Waals surface area contributed by atoms with Gasteiger partial charge in [0.05, 0.1) is 23.1 Å². The molecule has 1 heterocycles. The Morgan fingerprint density at radius 1 is 1.46 bits per heavy atom. The lowest BCUT2D eigenvalue weighted by atomic mass is 10.1. The van der Waals surface area contributed by atoms with E-state index < -0.39 is 4.92 Å². The summed E-state index contributed by atoms with van der Waals surface area (Å²) in [4.78, 5) is 16.1. The SMILES string of the molecule is CCN(CCC#N)c1ccc(N=Nc2ncc([N+](=O)[O-])s2)c(C)c1. The fourth-order valence-corrected chi connectivity index (χ4v) is 2.64. The van der Waals surface area contributed by atoms with Gasteiger partial charge in [-0.1, -0.05) is 0 Å². The number of hydrogen-bond acceptors (Lipinski definition) is 8. The Morgan fingerprint density at radius 2 is 2.25 bits per heavy atom. The monoisotopic (exact) mass is 344 g/mol. The number of azo groups is 1. The molecule has 0 aliphatic carbocycles. The van der Waals surface area contributed by atoms with Crippen LogP contribution in [0.2, 0.25) is 0 Å². The van der Waals surface area contributed by atoms with Crippen molar-refractivity contribution < 1.29 is 4.92 Å². The molecule has 0 atom stereocenters. The highest BCUT2D eigenvalue weighted by Crippen LogP contribution is 2.30.